The number of hydrogen-bond acceptors (Lipinski definition) is 5. The van der Waals surface area contributed by atoms with Crippen molar-refractivity contribution in [3.63, 3.8) is 0 Å². The average Bonchev–Trinajstić information content (AvgIpc) is 3.13. The molecule has 3 aromatic rings. The van der Waals surface area contributed by atoms with Crippen LogP contribution in [0.3, 0.4) is 0 Å². The van der Waals surface area contributed by atoms with E-state index in [4.69, 9.17) is 4.74 Å². The lowest BCUT2D eigenvalue weighted by molar-refractivity contribution is 0.0953. The van der Waals surface area contributed by atoms with Crippen LogP contribution in [0.25, 0.3) is 0 Å². The zero-order valence-electron chi connectivity index (χ0n) is 17.0. The van der Waals surface area contributed by atoms with Crippen LogP contribution in [-0.4, -0.2) is 37.5 Å². The number of nitrogens with one attached hydrogen (secondary N) is 2. The predicted molar refractivity (Wildman–Crippen MR) is 114 cm³/mol. The van der Waals surface area contributed by atoms with Crippen LogP contribution in [0.1, 0.15) is 21.7 Å². The Balaban J connectivity index is 1.72. The smallest absolute Gasteiger partial charge is 0.261 e. The van der Waals surface area contributed by atoms with Crippen molar-refractivity contribution in [2.24, 2.45) is 7.05 Å². The highest BCUT2D eigenvalue weighted by molar-refractivity contribution is 7.92. The second-order valence-electron chi connectivity index (χ2n) is 6.77. The molecule has 8 nitrogen and oxygen atoms in total. The summed E-state index contributed by atoms with van der Waals surface area (Å²) in [5.41, 5.74) is 1.40. The van der Waals surface area contributed by atoms with Crippen molar-refractivity contribution in [1.29, 1.82) is 0 Å². The van der Waals surface area contributed by atoms with Crippen molar-refractivity contribution in [1.82, 2.24) is 14.9 Å². The number of anilines is 1. The Morgan fingerprint density at radius 3 is 2.53 bits per heavy atom. The minimum atomic E-state index is -3.85. The number of benzene rings is 2. The van der Waals surface area contributed by atoms with Crippen molar-refractivity contribution in [3.05, 3.63) is 71.8 Å². The minimum absolute atomic E-state index is 0.0122. The summed E-state index contributed by atoms with van der Waals surface area (Å²) >= 11 is 0. The quantitative estimate of drug-likeness (QED) is 0.574. The molecule has 30 heavy (non-hydrogen) atoms. The van der Waals surface area contributed by atoms with E-state index in [1.54, 1.807) is 43.5 Å². The van der Waals surface area contributed by atoms with Crippen molar-refractivity contribution in [3.8, 4) is 5.75 Å². The number of carbonyl (C=O) groups is 1. The standard InChI is InChI=1S/C21H24N4O4S/c1-15-4-9-18(30(27,28)24-16-5-7-17(29-3)8-6-16)14-19(15)21(26)23-11-10-20-22-12-13-25(20)2/h4-9,12-14,24H,10-11H2,1-3H3,(H,23,26). The first kappa shape index (κ1) is 21.4. The normalized spacial score (nSPS) is 11.2. The minimum Gasteiger partial charge on any atom is -0.497 e. The van der Waals surface area contributed by atoms with Crippen LogP contribution in [0.15, 0.2) is 59.8 Å². The molecule has 158 valence electrons. The van der Waals surface area contributed by atoms with Crippen LogP contribution in [0.4, 0.5) is 5.69 Å². The number of aromatic nitrogens is 2. The fourth-order valence-corrected chi connectivity index (χ4v) is 3.99. The summed E-state index contributed by atoms with van der Waals surface area (Å²) in [5.74, 6) is 1.15. The molecule has 0 spiro atoms. The van der Waals surface area contributed by atoms with Gasteiger partial charge in [-0.25, -0.2) is 13.4 Å². The maximum Gasteiger partial charge on any atom is 0.261 e. The van der Waals surface area contributed by atoms with E-state index in [1.165, 1.54) is 19.2 Å². The number of amides is 1. The first-order chi connectivity index (χ1) is 14.3. The molecule has 0 saturated carbocycles. The Bertz CT molecular complexity index is 1140. The summed E-state index contributed by atoms with van der Waals surface area (Å²) in [6.07, 6.45) is 4.11. The summed E-state index contributed by atoms with van der Waals surface area (Å²) in [4.78, 5) is 16.8. The van der Waals surface area contributed by atoms with E-state index in [0.717, 1.165) is 5.82 Å². The molecule has 1 heterocycles. The van der Waals surface area contributed by atoms with Crippen molar-refractivity contribution in [2.75, 3.05) is 18.4 Å². The Morgan fingerprint density at radius 2 is 1.90 bits per heavy atom. The molecular weight excluding hydrogens is 404 g/mol. The molecular formula is C21H24N4O4S. The number of aryl methyl sites for hydroxylation is 2. The number of hydrogen-bond donors (Lipinski definition) is 2. The predicted octanol–water partition coefficient (Wildman–Crippen LogP) is 2.51. The van der Waals surface area contributed by atoms with E-state index in [1.807, 2.05) is 17.8 Å². The highest BCUT2D eigenvalue weighted by Gasteiger charge is 2.18. The molecule has 0 saturated heterocycles. The van der Waals surface area contributed by atoms with Gasteiger partial charge in [-0.15, -0.1) is 0 Å². The largest absolute Gasteiger partial charge is 0.497 e. The molecule has 0 radical (unpaired) electrons. The van der Waals surface area contributed by atoms with E-state index in [9.17, 15) is 13.2 Å². The van der Waals surface area contributed by atoms with Gasteiger partial charge in [-0.2, -0.15) is 0 Å². The third-order valence-corrected chi connectivity index (χ3v) is 6.04. The van der Waals surface area contributed by atoms with Gasteiger partial charge < -0.3 is 14.6 Å². The van der Waals surface area contributed by atoms with Crippen molar-refractivity contribution < 1.29 is 17.9 Å². The fourth-order valence-electron chi connectivity index (χ4n) is 2.91. The topological polar surface area (TPSA) is 102 Å². The van der Waals surface area contributed by atoms with Gasteiger partial charge in [0.25, 0.3) is 15.9 Å². The highest BCUT2D eigenvalue weighted by atomic mass is 32.2. The molecule has 0 aliphatic heterocycles. The van der Waals surface area contributed by atoms with Crippen LogP contribution in [-0.2, 0) is 23.5 Å². The lowest BCUT2D eigenvalue weighted by Gasteiger charge is -2.12. The highest BCUT2D eigenvalue weighted by Crippen LogP contribution is 2.21. The van der Waals surface area contributed by atoms with Gasteiger partial charge >= 0.3 is 0 Å². The Hall–Kier alpha value is -3.33. The number of ether oxygens (including phenoxy) is 1. The monoisotopic (exact) mass is 428 g/mol. The van der Waals surface area contributed by atoms with Gasteiger partial charge in [0, 0.05) is 43.7 Å². The molecule has 0 aliphatic rings. The third-order valence-electron chi connectivity index (χ3n) is 4.66. The number of sulfonamides is 1. The SMILES string of the molecule is COc1ccc(NS(=O)(=O)c2ccc(C)c(C(=O)NCCc3nccn3C)c2)cc1. The van der Waals surface area contributed by atoms with Gasteiger partial charge in [0.15, 0.2) is 0 Å². The second-order valence-corrected chi connectivity index (χ2v) is 8.45. The van der Waals surface area contributed by atoms with Crippen molar-refractivity contribution >= 4 is 21.6 Å². The Morgan fingerprint density at radius 1 is 1.17 bits per heavy atom. The number of carbonyl (C=O) groups excluding carboxylic acids is 1. The maximum absolute atomic E-state index is 12.8. The van der Waals surface area contributed by atoms with E-state index in [0.29, 0.717) is 35.5 Å². The van der Waals surface area contributed by atoms with Crippen LogP contribution >= 0.6 is 0 Å². The summed E-state index contributed by atoms with van der Waals surface area (Å²) in [5, 5.41) is 2.82. The molecule has 0 aliphatic carbocycles. The van der Waals surface area contributed by atoms with Gasteiger partial charge in [0.1, 0.15) is 11.6 Å². The second kappa shape index (κ2) is 9.00. The molecule has 0 fully saturated rings. The van der Waals surface area contributed by atoms with Crippen LogP contribution in [0.2, 0.25) is 0 Å². The number of rotatable bonds is 8. The maximum atomic E-state index is 12.8. The number of imidazole rings is 1. The van der Waals surface area contributed by atoms with Gasteiger partial charge in [0.2, 0.25) is 0 Å². The Kier molecular flexibility index (Phi) is 6.41. The lowest BCUT2D eigenvalue weighted by Crippen LogP contribution is -2.27. The Labute approximate surface area is 176 Å². The zero-order chi connectivity index (χ0) is 21.7. The molecule has 2 aromatic carbocycles. The molecule has 3 rings (SSSR count). The molecule has 0 atom stereocenters. The van der Waals surface area contributed by atoms with Crippen molar-refractivity contribution in [2.45, 2.75) is 18.2 Å². The van der Waals surface area contributed by atoms with Gasteiger partial charge in [-0.05, 0) is 48.9 Å². The molecule has 9 heteroatoms. The lowest BCUT2D eigenvalue weighted by atomic mass is 10.1. The van der Waals surface area contributed by atoms with Gasteiger partial charge in [-0.1, -0.05) is 6.07 Å². The molecule has 0 unspecified atom stereocenters. The summed E-state index contributed by atoms with van der Waals surface area (Å²) in [7, 11) is -0.428. The van der Waals surface area contributed by atoms with Gasteiger partial charge in [0.05, 0.1) is 12.0 Å². The van der Waals surface area contributed by atoms with Gasteiger partial charge in [-0.3, -0.25) is 9.52 Å². The van der Waals surface area contributed by atoms with Crippen LogP contribution in [0.5, 0.6) is 5.75 Å². The van der Waals surface area contributed by atoms with Crippen LogP contribution in [0, 0.1) is 6.92 Å². The third kappa shape index (κ3) is 4.98. The van der Waals surface area contributed by atoms with E-state index in [-0.39, 0.29) is 10.8 Å². The van der Waals surface area contributed by atoms with E-state index >= 15 is 0 Å². The molecule has 0 bridgehead atoms. The first-order valence-corrected chi connectivity index (χ1v) is 10.8. The van der Waals surface area contributed by atoms with E-state index < -0.39 is 10.0 Å². The van der Waals surface area contributed by atoms with E-state index in [2.05, 4.69) is 15.0 Å². The summed E-state index contributed by atoms with van der Waals surface area (Å²) in [6, 6.07) is 11.0. The summed E-state index contributed by atoms with van der Waals surface area (Å²) in [6.45, 7) is 2.16. The van der Waals surface area contributed by atoms with Crippen LogP contribution < -0.4 is 14.8 Å². The molecule has 1 amide bonds. The molecule has 2 N–H and O–H groups in total. The first-order valence-electron chi connectivity index (χ1n) is 9.32. The molecule has 1 aromatic heterocycles. The zero-order valence-corrected chi connectivity index (χ0v) is 17.9. The average molecular weight is 429 g/mol. The fraction of sp³-hybridized carbons (Fsp3) is 0.238. The summed E-state index contributed by atoms with van der Waals surface area (Å²) < 4.78 is 35.0. The number of methoxy groups -OCH3 is 1. The number of nitrogens with zero attached hydrogens (tertiary/aromatic N) is 2.